The third-order valence-electron chi connectivity index (χ3n) is 6.86. The maximum Gasteiger partial charge on any atom is 0.522 e. The number of ether oxygens (including phenoxy) is 1. The Morgan fingerprint density at radius 1 is 1.09 bits per heavy atom. The van der Waals surface area contributed by atoms with Gasteiger partial charge < -0.3 is 10.2 Å². The van der Waals surface area contributed by atoms with E-state index in [4.69, 9.17) is 4.98 Å². The van der Waals surface area contributed by atoms with E-state index in [-0.39, 0.29) is 17.7 Å². The van der Waals surface area contributed by atoms with Crippen LogP contribution in [0.3, 0.4) is 0 Å². The molecule has 0 aromatic carbocycles. The molecule has 0 radical (unpaired) electrons. The molecule has 1 aromatic rings. The highest BCUT2D eigenvalue weighted by Crippen LogP contribution is 2.28. The first-order chi connectivity index (χ1) is 16.4. The lowest BCUT2D eigenvalue weighted by atomic mass is 9.84. The Kier molecular flexibility index (Phi) is 9.37. The number of hydrogen-bond donors (Lipinski definition) is 1. The van der Waals surface area contributed by atoms with E-state index in [1.807, 2.05) is 20.8 Å². The number of carbonyl (C=O) groups is 1. The monoisotopic (exact) mass is 499 g/mol. The van der Waals surface area contributed by atoms with Crippen LogP contribution in [0.1, 0.15) is 71.3 Å². The number of aromatic nitrogens is 2. The van der Waals surface area contributed by atoms with Crippen LogP contribution in [0.5, 0.6) is 0 Å². The molecule has 1 aliphatic carbocycles. The fourth-order valence-corrected chi connectivity index (χ4v) is 4.83. The van der Waals surface area contributed by atoms with Gasteiger partial charge in [-0.15, -0.1) is 13.2 Å². The number of alkyl halides is 3. The number of rotatable bonds is 8. The number of nitrogens with zero attached hydrogens (tertiary/aromatic N) is 4. The standard InChI is InChI=1S/C25H40F3N5O2/c1-18(34)29-20-7-5-19(6-8-20)9-11-32-12-14-33(15-13-32)22-17-21(10-16-35-25(26,27)28)30-23(31-22)24(2,3)4/h17,19-20H,5-16H2,1-4H3,(H,29,34)/t19-,20+. The quantitative estimate of drug-likeness (QED) is 0.582. The summed E-state index contributed by atoms with van der Waals surface area (Å²) in [5, 5.41) is 3.04. The lowest BCUT2D eigenvalue weighted by molar-refractivity contribution is -0.324. The number of halogens is 3. The molecule has 1 saturated heterocycles. The van der Waals surface area contributed by atoms with Crippen molar-refractivity contribution in [1.82, 2.24) is 20.2 Å². The molecule has 10 heteroatoms. The van der Waals surface area contributed by atoms with Crippen molar-refractivity contribution in [3.05, 3.63) is 17.6 Å². The summed E-state index contributed by atoms with van der Waals surface area (Å²) < 4.78 is 41.1. The van der Waals surface area contributed by atoms with Crippen molar-refractivity contribution in [2.45, 2.75) is 84.0 Å². The van der Waals surface area contributed by atoms with Gasteiger partial charge in [-0.2, -0.15) is 0 Å². The minimum absolute atomic E-state index is 0.0615. The first-order valence-electron chi connectivity index (χ1n) is 12.7. The predicted octanol–water partition coefficient (Wildman–Crippen LogP) is 4.06. The Morgan fingerprint density at radius 2 is 1.74 bits per heavy atom. The van der Waals surface area contributed by atoms with Gasteiger partial charge in [0.15, 0.2) is 0 Å². The van der Waals surface area contributed by atoms with E-state index in [9.17, 15) is 18.0 Å². The van der Waals surface area contributed by atoms with Crippen LogP contribution in [0, 0.1) is 5.92 Å². The Hall–Kier alpha value is -1.94. The van der Waals surface area contributed by atoms with E-state index in [2.05, 4.69) is 24.8 Å². The normalized spacial score (nSPS) is 22.3. The molecule has 2 heterocycles. The lowest BCUT2D eigenvalue weighted by Gasteiger charge is -2.37. The molecule has 1 amide bonds. The first-order valence-corrected chi connectivity index (χ1v) is 12.7. The van der Waals surface area contributed by atoms with Crippen molar-refractivity contribution >= 4 is 11.7 Å². The molecule has 35 heavy (non-hydrogen) atoms. The summed E-state index contributed by atoms with van der Waals surface area (Å²) in [6.45, 7) is 11.7. The molecule has 198 valence electrons. The van der Waals surface area contributed by atoms with Crippen molar-refractivity contribution in [3.63, 3.8) is 0 Å². The van der Waals surface area contributed by atoms with Crippen molar-refractivity contribution in [2.75, 3.05) is 44.2 Å². The Bertz CT molecular complexity index is 827. The zero-order valence-electron chi connectivity index (χ0n) is 21.5. The van der Waals surface area contributed by atoms with Crippen molar-refractivity contribution < 1.29 is 22.7 Å². The van der Waals surface area contributed by atoms with E-state index in [1.54, 1.807) is 13.0 Å². The maximum absolute atomic E-state index is 12.4. The van der Waals surface area contributed by atoms with E-state index in [0.29, 0.717) is 17.6 Å². The summed E-state index contributed by atoms with van der Waals surface area (Å²) in [6.07, 6.45) is 1.10. The molecule has 1 aromatic heterocycles. The van der Waals surface area contributed by atoms with Gasteiger partial charge in [-0.1, -0.05) is 20.8 Å². The van der Waals surface area contributed by atoms with Crippen molar-refractivity contribution in [1.29, 1.82) is 0 Å². The summed E-state index contributed by atoms with van der Waals surface area (Å²) in [7, 11) is 0. The molecule has 2 fully saturated rings. The van der Waals surface area contributed by atoms with Gasteiger partial charge in [0.2, 0.25) is 5.91 Å². The van der Waals surface area contributed by atoms with Crippen LogP contribution < -0.4 is 10.2 Å². The Morgan fingerprint density at radius 3 is 2.31 bits per heavy atom. The molecule has 0 atom stereocenters. The van der Waals surface area contributed by atoms with Crippen LogP contribution in [0.25, 0.3) is 0 Å². The number of hydrogen-bond acceptors (Lipinski definition) is 6. The zero-order valence-corrected chi connectivity index (χ0v) is 21.5. The Labute approximate surface area is 206 Å². The third-order valence-corrected chi connectivity index (χ3v) is 6.86. The molecule has 3 rings (SSSR count). The minimum Gasteiger partial charge on any atom is -0.354 e. The maximum atomic E-state index is 12.4. The van der Waals surface area contributed by atoms with Crippen LogP contribution in [-0.4, -0.2) is 72.5 Å². The van der Waals surface area contributed by atoms with Crippen LogP contribution in [0.4, 0.5) is 19.0 Å². The lowest BCUT2D eigenvalue weighted by Crippen LogP contribution is -2.47. The second-order valence-corrected chi connectivity index (χ2v) is 10.9. The summed E-state index contributed by atoms with van der Waals surface area (Å²) in [5.41, 5.74) is 0.262. The largest absolute Gasteiger partial charge is 0.522 e. The van der Waals surface area contributed by atoms with E-state index in [0.717, 1.165) is 57.3 Å². The molecule has 0 bridgehead atoms. The van der Waals surface area contributed by atoms with E-state index >= 15 is 0 Å². The second-order valence-electron chi connectivity index (χ2n) is 10.9. The summed E-state index contributed by atoms with van der Waals surface area (Å²) >= 11 is 0. The summed E-state index contributed by atoms with van der Waals surface area (Å²) in [6, 6.07) is 2.14. The smallest absolute Gasteiger partial charge is 0.354 e. The zero-order chi connectivity index (χ0) is 25.6. The average Bonchev–Trinajstić information content (AvgIpc) is 2.77. The van der Waals surface area contributed by atoms with Crippen molar-refractivity contribution in [3.8, 4) is 0 Å². The van der Waals surface area contributed by atoms with Gasteiger partial charge in [0, 0.05) is 62.7 Å². The van der Waals surface area contributed by atoms with E-state index < -0.39 is 13.0 Å². The molecular weight excluding hydrogens is 459 g/mol. The number of piperazine rings is 1. The SMILES string of the molecule is CC(=O)N[C@H]1CC[C@@H](CCN2CCN(c3cc(CCOC(F)(F)F)nc(C(C)(C)C)n3)CC2)CC1. The molecule has 7 nitrogen and oxygen atoms in total. The van der Waals surface area contributed by atoms with Crippen LogP contribution in [-0.2, 0) is 21.4 Å². The average molecular weight is 500 g/mol. The molecular formula is C25H40F3N5O2. The second kappa shape index (κ2) is 11.9. The Balaban J connectivity index is 1.50. The molecule has 1 aliphatic heterocycles. The highest BCUT2D eigenvalue weighted by molar-refractivity contribution is 5.73. The van der Waals surface area contributed by atoms with Gasteiger partial charge >= 0.3 is 6.36 Å². The third kappa shape index (κ3) is 9.22. The first kappa shape index (κ1) is 27.6. The fourth-order valence-electron chi connectivity index (χ4n) is 4.83. The van der Waals surface area contributed by atoms with Gasteiger partial charge in [-0.05, 0) is 44.6 Å². The molecule has 2 aliphatic rings. The minimum atomic E-state index is -4.64. The van der Waals surface area contributed by atoms with Gasteiger partial charge in [0.05, 0.1) is 6.61 Å². The number of nitrogens with one attached hydrogen (secondary N) is 1. The summed E-state index contributed by atoms with van der Waals surface area (Å²) in [5.74, 6) is 2.19. The topological polar surface area (TPSA) is 70.6 Å². The number of carbonyl (C=O) groups excluding carboxylic acids is 1. The highest BCUT2D eigenvalue weighted by atomic mass is 19.4. The number of anilines is 1. The molecule has 1 saturated carbocycles. The fraction of sp³-hybridized carbons (Fsp3) is 0.800. The highest BCUT2D eigenvalue weighted by Gasteiger charge is 2.29. The van der Waals surface area contributed by atoms with Gasteiger partial charge in [0.1, 0.15) is 11.6 Å². The van der Waals surface area contributed by atoms with E-state index in [1.165, 1.54) is 19.3 Å². The van der Waals surface area contributed by atoms with Crippen LogP contribution >= 0.6 is 0 Å². The van der Waals surface area contributed by atoms with Crippen molar-refractivity contribution in [2.24, 2.45) is 5.92 Å². The predicted molar refractivity (Wildman–Crippen MR) is 129 cm³/mol. The molecule has 1 N–H and O–H groups in total. The van der Waals surface area contributed by atoms with Crippen LogP contribution in [0.15, 0.2) is 6.07 Å². The number of amides is 1. The molecule has 0 spiro atoms. The van der Waals surface area contributed by atoms with Gasteiger partial charge in [-0.25, -0.2) is 9.97 Å². The van der Waals surface area contributed by atoms with Crippen LogP contribution in [0.2, 0.25) is 0 Å². The van der Waals surface area contributed by atoms with Gasteiger partial charge in [-0.3, -0.25) is 14.4 Å². The van der Waals surface area contributed by atoms with Gasteiger partial charge in [0.25, 0.3) is 0 Å². The molecule has 0 unspecified atom stereocenters. The summed E-state index contributed by atoms with van der Waals surface area (Å²) in [4.78, 5) is 25.2.